The van der Waals surface area contributed by atoms with Crippen molar-refractivity contribution in [1.29, 1.82) is 0 Å². The lowest BCUT2D eigenvalue weighted by Crippen LogP contribution is -2.05. The van der Waals surface area contributed by atoms with Gasteiger partial charge in [0.25, 0.3) is 0 Å². The molecule has 0 bridgehead atoms. The molecule has 1 aromatic heterocycles. The van der Waals surface area contributed by atoms with E-state index in [9.17, 15) is 13.9 Å². The predicted octanol–water partition coefficient (Wildman–Crippen LogP) is 3.33. The third-order valence-electron chi connectivity index (χ3n) is 3.06. The summed E-state index contributed by atoms with van der Waals surface area (Å²) in [5.74, 6) is -1.86. The van der Waals surface area contributed by atoms with Gasteiger partial charge >= 0.3 is 0 Å². The number of rotatable bonds is 4. The van der Waals surface area contributed by atoms with Gasteiger partial charge in [-0.15, -0.1) is 0 Å². The van der Waals surface area contributed by atoms with Crippen LogP contribution in [0.4, 0.5) is 8.78 Å². The SMILES string of the molecule is Cc1ccc(C(O)CCc2ccccn2)c(F)c1F. The lowest BCUT2D eigenvalue weighted by molar-refractivity contribution is 0.161. The van der Waals surface area contributed by atoms with Crippen molar-refractivity contribution < 1.29 is 13.9 Å². The van der Waals surface area contributed by atoms with Gasteiger partial charge in [0.15, 0.2) is 11.6 Å². The summed E-state index contributed by atoms with van der Waals surface area (Å²) >= 11 is 0. The minimum Gasteiger partial charge on any atom is -0.388 e. The molecule has 1 unspecified atom stereocenters. The molecule has 2 rings (SSSR count). The average Bonchev–Trinajstić information content (AvgIpc) is 2.43. The molecule has 0 saturated carbocycles. The number of aryl methyl sites for hydroxylation is 2. The Balaban J connectivity index is 2.08. The van der Waals surface area contributed by atoms with E-state index in [1.807, 2.05) is 12.1 Å². The molecule has 1 aromatic carbocycles. The van der Waals surface area contributed by atoms with Gasteiger partial charge < -0.3 is 5.11 Å². The van der Waals surface area contributed by atoms with Gasteiger partial charge in [-0.3, -0.25) is 4.98 Å². The van der Waals surface area contributed by atoms with E-state index >= 15 is 0 Å². The third kappa shape index (κ3) is 3.15. The standard InChI is InChI=1S/C15H15F2NO/c1-10-5-7-12(15(17)14(10)16)13(19)8-6-11-4-2-3-9-18-11/h2-5,7,9,13,19H,6,8H2,1H3. The number of hydrogen-bond acceptors (Lipinski definition) is 2. The van der Waals surface area contributed by atoms with Crippen molar-refractivity contribution in [2.75, 3.05) is 0 Å². The van der Waals surface area contributed by atoms with Crippen molar-refractivity contribution in [3.8, 4) is 0 Å². The van der Waals surface area contributed by atoms with E-state index in [0.717, 1.165) is 5.69 Å². The van der Waals surface area contributed by atoms with E-state index in [-0.39, 0.29) is 11.1 Å². The van der Waals surface area contributed by atoms with E-state index in [1.165, 1.54) is 19.1 Å². The third-order valence-corrected chi connectivity index (χ3v) is 3.06. The molecule has 2 nitrogen and oxygen atoms in total. The Labute approximate surface area is 110 Å². The first-order chi connectivity index (χ1) is 9.09. The minimum atomic E-state index is -1.03. The molecule has 1 atom stereocenters. The summed E-state index contributed by atoms with van der Waals surface area (Å²) in [6.45, 7) is 1.49. The number of hydrogen-bond donors (Lipinski definition) is 1. The van der Waals surface area contributed by atoms with Crippen LogP contribution in [0, 0.1) is 18.6 Å². The highest BCUT2D eigenvalue weighted by Gasteiger charge is 2.17. The zero-order chi connectivity index (χ0) is 13.8. The van der Waals surface area contributed by atoms with Gasteiger partial charge in [0.2, 0.25) is 0 Å². The molecule has 0 saturated heterocycles. The maximum Gasteiger partial charge on any atom is 0.164 e. The topological polar surface area (TPSA) is 33.1 Å². The first kappa shape index (κ1) is 13.6. The highest BCUT2D eigenvalue weighted by Crippen LogP contribution is 2.24. The van der Waals surface area contributed by atoms with Gasteiger partial charge in [-0.05, 0) is 37.5 Å². The molecule has 2 aromatic rings. The fourth-order valence-corrected chi connectivity index (χ4v) is 1.90. The number of halogens is 2. The molecular weight excluding hydrogens is 248 g/mol. The van der Waals surface area contributed by atoms with E-state index in [2.05, 4.69) is 4.98 Å². The number of aliphatic hydroxyl groups excluding tert-OH is 1. The van der Waals surface area contributed by atoms with E-state index < -0.39 is 17.7 Å². The van der Waals surface area contributed by atoms with Crippen LogP contribution >= 0.6 is 0 Å². The van der Waals surface area contributed by atoms with Crippen LogP contribution in [0.15, 0.2) is 36.5 Å². The molecule has 0 amide bonds. The molecule has 1 N–H and O–H groups in total. The zero-order valence-corrected chi connectivity index (χ0v) is 10.6. The van der Waals surface area contributed by atoms with Crippen LogP contribution in [0.25, 0.3) is 0 Å². The second kappa shape index (κ2) is 5.89. The summed E-state index contributed by atoms with van der Waals surface area (Å²) in [5, 5.41) is 9.94. The fourth-order valence-electron chi connectivity index (χ4n) is 1.90. The van der Waals surface area contributed by atoms with E-state index in [1.54, 1.807) is 12.3 Å². The second-order valence-electron chi connectivity index (χ2n) is 4.48. The molecule has 19 heavy (non-hydrogen) atoms. The van der Waals surface area contributed by atoms with Crippen LogP contribution in [0.2, 0.25) is 0 Å². The Morgan fingerprint density at radius 2 is 1.95 bits per heavy atom. The molecule has 0 aliphatic heterocycles. The van der Waals surface area contributed by atoms with E-state index in [0.29, 0.717) is 12.8 Å². The minimum absolute atomic E-state index is 0.000897. The van der Waals surface area contributed by atoms with Gasteiger partial charge in [0.05, 0.1) is 6.10 Å². The van der Waals surface area contributed by atoms with Crippen LogP contribution < -0.4 is 0 Å². The molecule has 4 heteroatoms. The highest BCUT2D eigenvalue weighted by molar-refractivity contribution is 5.27. The summed E-state index contributed by atoms with van der Waals surface area (Å²) < 4.78 is 27.1. The maximum absolute atomic E-state index is 13.7. The van der Waals surface area contributed by atoms with Gasteiger partial charge in [-0.2, -0.15) is 0 Å². The summed E-state index contributed by atoms with van der Waals surface area (Å²) in [6, 6.07) is 8.38. The van der Waals surface area contributed by atoms with Gasteiger partial charge in [-0.1, -0.05) is 18.2 Å². The average molecular weight is 263 g/mol. The Morgan fingerprint density at radius 3 is 2.63 bits per heavy atom. The van der Waals surface area contributed by atoms with Gasteiger partial charge in [0, 0.05) is 17.5 Å². The number of aliphatic hydroxyl groups is 1. The van der Waals surface area contributed by atoms with Crippen LogP contribution in [0.3, 0.4) is 0 Å². The predicted molar refractivity (Wildman–Crippen MR) is 68.6 cm³/mol. The summed E-state index contributed by atoms with van der Waals surface area (Å²) in [6.07, 6.45) is 1.44. The Hall–Kier alpha value is -1.81. The molecule has 0 aliphatic carbocycles. The number of benzene rings is 1. The van der Waals surface area contributed by atoms with Crippen LogP contribution in [-0.2, 0) is 6.42 Å². The molecule has 0 radical (unpaired) electrons. The Morgan fingerprint density at radius 1 is 1.16 bits per heavy atom. The van der Waals surface area contributed by atoms with Gasteiger partial charge in [0.1, 0.15) is 0 Å². The molecule has 1 heterocycles. The van der Waals surface area contributed by atoms with Crippen molar-refractivity contribution in [2.45, 2.75) is 25.9 Å². The largest absolute Gasteiger partial charge is 0.388 e. The summed E-state index contributed by atoms with van der Waals surface area (Å²) in [4.78, 5) is 4.12. The number of pyridine rings is 1. The van der Waals surface area contributed by atoms with Gasteiger partial charge in [-0.25, -0.2) is 8.78 Å². The van der Waals surface area contributed by atoms with Crippen molar-refractivity contribution in [2.24, 2.45) is 0 Å². The first-order valence-electron chi connectivity index (χ1n) is 6.12. The summed E-state index contributed by atoms with van der Waals surface area (Å²) in [7, 11) is 0. The first-order valence-corrected chi connectivity index (χ1v) is 6.12. The van der Waals surface area contributed by atoms with Crippen molar-refractivity contribution in [3.05, 3.63) is 65.0 Å². The number of aromatic nitrogens is 1. The quantitative estimate of drug-likeness (QED) is 0.917. The lowest BCUT2D eigenvalue weighted by Gasteiger charge is -2.13. The van der Waals surface area contributed by atoms with E-state index in [4.69, 9.17) is 0 Å². The lowest BCUT2D eigenvalue weighted by atomic mass is 10.0. The monoisotopic (exact) mass is 263 g/mol. The maximum atomic E-state index is 13.7. The van der Waals surface area contributed by atoms with Crippen molar-refractivity contribution in [1.82, 2.24) is 4.98 Å². The molecule has 0 spiro atoms. The van der Waals surface area contributed by atoms with Crippen LogP contribution in [0.5, 0.6) is 0 Å². The van der Waals surface area contributed by atoms with Crippen molar-refractivity contribution in [3.63, 3.8) is 0 Å². The highest BCUT2D eigenvalue weighted by atomic mass is 19.2. The smallest absolute Gasteiger partial charge is 0.164 e. The fraction of sp³-hybridized carbons (Fsp3) is 0.267. The molecule has 100 valence electrons. The molecular formula is C15H15F2NO. The summed E-state index contributed by atoms with van der Waals surface area (Å²) in [5.41, 5.74) is 1.05. The van der Waals surface area contributed by atoms with Crippen molar-refractivity contribution >= 4 is 0 Å². The molecule has 0 fully saturated rings. The molecule has 0 aliphatic rings. The zero-order valence-electron chi connectivity index (χ0n) is 10.6. The van der Waals surface area contributed by atoms with Crippen LogP contribution in [0.1, 0.15) is 29.3 Å². The normalized spacial score (nSPS) is 12.4. The van der Waals surface area contributed by atoms with Crippen LogP contribution in [-0.4, -0.2) is 10.1 Å². The Bertz CT molecular complexity index is 558. The second-order valence-corrected chi connectivity index (χ2v) is 4.48. The number of nitrogens with zero attached hydrogens (tertiary/aromatic N) is 1. The Kier molecular flexibility index (Phi) is 4.22.